The first-order valence-electron chi connectivity index (χ1n) is 5.92. The predicted molar refractivity (Wildman–Crippen MR) is 64.5 cm³/mol. The fourth-order valence-corrected chi connectivity index (χ4v) is 1.65. The Morgan fingerprint density at radius 3 is 2.21 bits per heavy atom. The number of hydrogen-bond donors (Lipinski definition) is 1. The molecule has 0 spiro atoms. The van der Waals surface area contributed by atoms with Crippen LogP contribution in [0.5, 0.6) is 0 Å². The summed E-state index contributed by atoms with van der Waals surface area (Å²) in [5.41, 5.74) is 6.10. The highest BCUT2D eigenvalue weighted by molar-refractivity contribution is 4.83. The highest BCUT2D eigenvalue weighted by Gasteiger charge is 2.26. The molecule has 0 aliphatic carbocycles. The van der Waals surface area contributed by atoms with Crippen LogP contribution >= 0.6 is 0 Å². The molecule has 0 aromatic heterocycles. The van der Waals surface area contributed by atoms with Gasteiger partial charge in [-0.1, -0.05) is 26.7 Å². The molecule has 0 aliphatic heterocycles. The Hall–Kier alpha value is -0.0800. The van der Waals surface area contributed by atoms with Gasteiger partial charge in [0.25, 0.3) is 0 Å². The van der Waals surface area contributed by atoms with Crippen LogP contribution in [0, 0.1) is 0 Å². The molecule has 0 aromatic rings. The van der Waals surface area contributed by atoms with Crippen LogP contribution in [0.2, 0.25) is 0 Å². The average molecular weight is 200 g/mol. The van der Waals surface area contributed by atoms with Crippen molar-refractivity contribution >= 4 is 0 Å². The lowest BCUT2D eigenvalue weighted by Gasteiger charge is -2.40. The summed E-state index contributed by atoms with van der Waals surface area (Å²) in [6.07, 6.45) is 4.95. The Bertz CT molecular complexity index is 143. The van der Waals surface area contributed by atoms with Gasteiger partial charge in [-0.3, -0.25) is 4.90 Å². The molecule has 2 nitrogen and oxygen atoms in total. The molecule has 2 N–H and O–H groups in total. The van der Waals surface area contributed by atoms with E-state index in [0.717, 1.165) is 6.54 Å². The smallest absolute Gasteiger partial charge is 0.0220 e. The summed E-state index contributed by atoms with van der Waals surface area (Å²) >= 11 is 0. The Morgan fingerprint density at radius 2 is 1.86 bits per heavy atom. The maximum absolute atomic E-state index is 5.82. The van der Waals surface area contributed by atoms with Gasteiger partial charge in [-0.05, 0) is 33.7 Å². The van der Waals surface area contributed by atoms with Gasteiger partial charge in [-0.15, -0.1) is 0 Å². The summed E-state index contributed by atoms with van der Waals surface area (Å²) < 4.78 is 0. The summed E-state index contributed by atoms with van der Waals surface area (Å²) in [6, 6.07) is 0.546. The lowest BCUT2D eigenvalue weighted by atomic mass is 9.96. The zero-order chi connectivity index (χ0) is 11.2. The highest BCUT2D eigenvalue weighted by atomic mass is 15.2. The van der Waals surface area contributed by atoms with Gasteiger partial charge in [0.2, 0.25) is 0 Å². The molecule has 14 heavy (non-hydrogen) atoms. The Labute approximate surface area is 89.9 Å². The van der Waals surface area contributed by atoms with E-state index >= 15 is 0 Å². The zero-order valence-electron chi connectivity index (χ0n) is 10.6. The van der Waals surface area contributed by atoms with Crippen molar-refractivity contribution in [2.75, 3.05) is 13.6 Å². The molecule has 0 aliphatic rings. The van der Waals surface area contributed by atoms with E-state index in [9.17, 15) is 0 Å². The Morgan fingerprint density at radius 1 is 1.29 bits per heavy atom. The topological polar surface area (TPSA) is 29.3 Å². The summed E-state index contributed by atoms with van der Waals surface area (Å²) in [5.74, 6) is 0. The molecule has 0 heterocycles. The van der Waals surface area contributed by atoms with E-state index in [1.54, 1.807) is 0 Å². The van der Waals surface area contributed by atoms with Crippen LogP contribution in [-0.4, -0.2) is 30.1 Å². The summed E-state index contributed by atoms with van der Waals surface area (Å²) in [4.78, 5) is 2.45. The average Bonchev–Trinajstić information content (AvgIpc) is 2.18. The van der Waals surface area contributed by atoms with E-state index in [1.807, 2.05) is 0 Å². The van der Waals surface area contributed by atoms with Gasteiger partial charge >= 0.3 is 0 Å². The normalized spacial score (nSPS) is 14.8. The molecule has 0 saturated carbocycles. The fourth-order valence-electron chi connectivity index (χ4n) is 1.65. The molecule has 1 unspecified atom stereocenters. The minimum atomic E-state index is 0.276. The van der Waals surface area contributed by atoms with E-state index in [1.165, 1.54) is 25.7 Å². The van der Waals surface area contributed by atoms with Crippen molar-refractivity contribution in [1.29, 1.82) is 0 Å². The summed E-state index contributed by atoms with van der Waals surface area (Å²) in [5, 5.41) is 0. The number of unbranched alkanes of at least 4 members (excludes halogenated alkanes) is 1. The van der Waals surface area contributed by atoms with Crippen LogP contribution in [-0.2, 0) is 0 Å². The number of hydrogen-bond acceptors (Lipinski definition) is 2. The molecule has 0 rings (SSSR count). The van der Waals surface area contributed by atoms with E-state index in [4.69, 9.17) is 5.73 Å². The first-order valence-corrected chi connectivity index (χ1v) is 5.92. The van der Waals surface area contributed by atoms with E-state index in [-0.39, 0.29) is 5.54 Å². The minimum absolute atomic E-state index is 0.276. The summed E-state index contributed by atoms with van der Waals surface area (Å²) in [7, 11) is 2.21. The molecule has 0 amide bonds. The van der Waals surface area contributed by atoms with Crippen molar-refractivity contribution < 1.29 is 0 Å². The number of rotatable bonds is 7. The first-order chi connectivity index (χ1) is 6.49. The van der Waals surface area contributed by atoms with Crippen LogP contribution in [0.15, 0.2) is 0 Å². The van der Waals surface area contributed by atoms with Crippen LogP contribution in [0.25, 0.3) is 0 Å². The fraction of sp³-hybridized carbons (Fsp3) is 1.00. The van der Waals surface area contributed by atoms with E-state index in [2.05, 4.69) is 39.6 Å². The third-order valence-corrected chi connectivity index (χ3v) is 3.53. The van der Waals surface area contributed by atoms with Crippen molar-refractivity contribution in [3.63, 3.8) is 0 Å². The van der Waals surface area contributed by atoms with Crippen molar-refractivity contribution in [1.82, 2.24) is 4.90 Å². The van der Waals surface area contributed by atoms with Gasteiger partial charge in [-0.2, -0.15) is 0 Å². The zero-order valence-corrected chi connectivity index (χ0v) is 10.6. The lowest BCUT2D eigenvalue weighted by molar-refractivity contribution is 0.0943. The largest absolute Gasteiger partial charge is 0.329 e. The third kappa shape index (κ3) is 3.97. The van der Waals surface area contributed by atoms with E-state index < -0.39 is 0 Å². The van der Waals surface area contributed by atoms with Crippen molar-refractivity contribution in [2.45, 2.75) is 65.0 Å². The second-order valence-corrected chi connectivity index (χ2v) is 4.81. The monoisotopic (exact) mass is 200 g/mol. The van der Waals surface area contributed by atoms with E-state index in [0.29, 0.717) is 6.04 Å². The molecule has 1 atom stereocenters. The number of nitrogens with zero attached hydrogens (tertiary/aromatic N) is 1. The third-order valence-electron chi connectivity index (χ3n) is 3.53. The molecule has 0 fully saturated rings. The minimum Gasteiger partial charge on any atom is -0.329 e. The molecular weight excluding hydrogens is 172 g/mol. The molecule has 0 bridgehead atoms. The number of likely N-dealkylation sites (N-methyl/N-ethyl adjacent to an activating group) is 1. The van der Waals surface area contributed by atoms with Gasteiger partial charge in [0, 0.05) is 18.1 Å². The summed E-state index contributed by atoms with van der Waals surface area (Å²) in [6.45, 7) is 9.84. The standard InChI is InChI=1S/C12H28N2/c1-6-8-9-11(10-13)14(5)12(3,4)7-2/h11H,6-10,13H2,1-5H3. The van der Waals surface area contributed by atoms with Gasteiger partial charge in [0.05, 0.1) is 0 Å². The van der Waals surface area contributed by atoms with Crippen LogP contribution < -0.4 is 5.73 Å². The Kier molecular flexibility index (Phi) is 6.38. The van der Waals surface area contributed by atoms with Crippen molar-refractivity contribution in [3.8, 4) is 0 Å². The maximum atomic E-state index is 5.82. The molecule has 0 aromatic carbocycles. The maximum Gasteiger partial charge on any atom is 0.0220 e. The molecular formula is C12H28N2. The van der Waals surface area contributed by atoms with Gasteiger partial charge in [0.15, 0.2) is 0 Å². The second kappa shape index (κ2) is 6.41. The van der Waals surface area contributed by atoms with Crippen LogP contribution in [0.1, 0.15) is 53.4 Å². The van der Waals surface area contributed by atoms with Crippen LogP contribution in [0.4, 0.5) is 0 Å². The Balaban J connectivity index is 4.22. The predicted octanol–water partition coefficient (Wildman–Crippen LogP) is 2.62. The van der Waals surface area contributed by atoms with Gasteiger partial charge in [0.1, 0.15) is 0 Å². The van der Waals surface area contributed by atoms with Gasteiger partial charge < -0.3 is 5.73 Å². The van der Waals surface area contributed by atoms with Crippen molar-refractivity contribution in [2.24, 2.45) is 5.73 Å². The molecule has 86 valence electrons. The molecule has 0 saturated heterocycles. The quantitative estimate of drug-likeness (QED) is 0.684. The van der Waals surface area contributed by atoms with Crippen molar-refractivity contribution in [3.05, 3.63) is 0 Å². The first kappa shape index (κ1) is 13.9. The van der Waals surface area contributed by atoms with Gasteiger partial charge in [-0.25, -0.2) is 0 Å². The molecule has 0 radical (unpaired) electrons. The number of nitrogens with two attached hydrogens (primary N) is 1. The second-order valence-electron chi connectivity index (χ2n) is 4.81. The SMILES string of the molecule is CCCCC(CN)N(C)C(C)(C)CC. The highest BCUT2D eigenvalue weighted by Crippen LogP contribution is 2.21. The molecule has 2 heteroatoms. The lowest BCUT2D eigenvalue weighted by Crippen LogP contribution is -2.49. The van der Waals surface area contributed by atoms with Crippen LogP contribution in [0.3, 0.4) is 0 Å².